The lowest BCUT2D eigenvalue weighted by molar-refractivity contribution is -0.941. The molecule has 0 aliphatic carbocycles. The van der Waals surface area contributed by atoms with Crippen molar-refractivity contribution in [1.29, 1.82) is 0 Å². The number of ether oxygens (including phenoxy) is 1. The first-order valence-electron chi connectivity index (χ1n) is 7.61. The molecule has 1 saturated heterocycles. The SMILES string of the molecule is Cc1ccc(C(=O)N[C@@H]([NH+]2C[C@@H](C)O[C@H](C)C2)C(Cl)(Cl)Cl)cc1. The Morgan fingerprint density at radius 3 is 2.22 bits per heavy atom. The molecule has 23 heavy (non-hydrogen) atoms. The van der Waals surface area contributed by atoms with Crippen molar-refractivity contribution in [1.82, 2.24) is 5.32 Å². The van der Waals surface area contributed by atoms with Crippen LogP contribution >= 0.6 is 34.8 Å². The Hall–Kier alpha value is -0.520. The average molecular weight is 381 g/mol. The van der Waals surface area contributed by atoms with E-state index in [9.17, 15) is 4.79 Å². The van der Waals surface area contributed by atoms with Crippen molar-refractivity contribution >= 4 is 40.7 Å². The molecule has 4 nitrogen and oxygen atoms in total. The number of benzene rings is 1. The monoisotopic (exact) mass is 379 g/mol. The van der Waals surface area contributed by atoms with E-state index in [0.717, 1.165) is 10.5 Å². The van der Waals surface area contributed by atoms with Crippen LogP contribution in [0.4, 0.5) is 0 Å². The lowest BCUT2D eigenvalue weighted by atomic mass is 10.1. The van der Waals surface area contributed by atoms with Crippen LogP contribution in [0.15, 0.2) is 24.3 Å². The molecule has 1 aliphatic rings. The Kier molecular flexibility index (Phi) is 6.20. The fraction of sp³-hybridized carbons (Fsp3) is 0.562. The van der Waals surface area contributed by atoms with E-state index in [0.29, 0.717) is 18.7 Å². The molecule has 1 fully saturated rings. The minimum Gasteiger partial charge on any atom is -0.364 e. The molecule has 1 aromatic rings. The van der Waals surface area contributed by atoms with E-state index in [1.807, 2.05) is 32.9 Å². The van der Waals surface area contributed by atoms with Crippen LogP contribution in [0.5, 0.6) is 0 Å². The summed E-state index contributed by atoms with van der Waals surface area (Å²) in [4.78, 5) is 13.5. The zero-order valence-corrected chi connectivity index (χ0v) is 15.7. The molecule has 1 heterocycles. The largest absolute Gasteiger partial charge is 0.364 e. The predicted octanol–water partition coefficient (Wildman–Crippen LogP) is 2.11. The lowest BCUT2D eigenvalue weighted by Gasteiger charge is -2.39. The third-order valence-electron chi connectivity index (χ3n) is 3.89. The predicted molar refractivity (Wildman–Crippen MR) is 93.4 cm³/mol. The van der Waals surface area contributed by atoms with Gasteiger partial charge in [0.15, 0.2) is 0 Å². The lowest BCUT2D eigenvalue weighted by Crippen LogP contribution is -3.22. The molecule has 2 N–H and O–H groups in total. The van der Waals surface area contributed by atoms with Crippen molar-refractivity contribution in [2.45, 2.75) is 42.9 Å². The third-order valence-corrected chi connectivity index (χ3v) is 4.54. The Labute approximate surface area is 152 Å². The molecule has 3 atom stereocenters. The van der Waals surface area contributed by atoms with Crippen molar-refractivity contribution in [3.05, 3.63) is 35.4 Å². The van der Waals surface area contributed by atoms with Crippen LogP contribution in [0.2, 0.25) is 0 Å². The zero-order chi connectivity index (χ0) is 17.2. The van der Waals surface area contributed by atoms with Gasteiger partial charge in [-0.05, 0) is 32.9 Å². The van der Waals surface area contributed by atoms with Crippen LogP contribution in [0.1, 0.15) is 29.8 Å². The fourth-order valence-electron chi connectivity index (χ4n) is 2.89. The van der Waals surface area contributed by atoms with Gasteiger partial charge < -0.3 is 9.64 Å². The molecule has 7 heteroatoms. The summed E-state index contributed by atoms with van der Waals surface area (Å²) in [7, 11) is 0. The maximum atomic E-state index is 12.5. The minimum absolute atomic E-state index is 0.0416. The van der Waals surface area contributed by atoms with Gasteiger partial charge in [-0.25, -0.2) is 0 Å². The van der Waals surface area contributed by atoms with Gasteiger partial charge in [-0.15, -0.1) is 0 Å². The van der Waals surface area contributed by atoms with Crippen molar-refractivity contribution in [2.75, 3.05) is 13.1 Å². The highest BCUT2D eigenvalue weighted by molar-refractivity contribution is 6.68. The topological polar surface area (TPSA) is 42.8 Å². The normalized spacial score (nSPS) is 26.6. The first-order chi connectivity index (χ1) is 10.7. The molecule has 2 rings (SSSR count). The number of amides is 1. The van der Waals surface area contributed by atoms with E-state index in [1.165, 1.54) is 0 Å². The van der Waals surface area contributed by atoms with Crippen LogP contribution in [-0.4, -0.2) is 41.2 Å². The summed E-state index contributed by atoms with van der Waals surface area (Å²) < 4.78 is 4.11. The Morgan fingerprint density at radius 1 is 1.22 bits per heavy atom. The van der Waals surface area contributed by atoms with Crippen molar-refractivity contribution in [3.63, 3.8) is 0 Å². The first kappa shape index (κ1) is 18.8. The van der Waals surface area contributed by atoms with E-state index < -0.39 is 9.96 Å². The van der Waals surface area contributed by atoms with Crippen LogP contribution in [0.25, 0.3) is 0 Å². The summed E-state index contributed by atoms with van der Waals surface area (Å²) in [6, 6.07) is 7.29. The van der Waals surface area contributed by atoms with Gasteiger partial charge in [-0.3, -0.25) is 10.1 Å². The summed E-state index contributed by atoms with van der Waals surface area (Å²) >= 11 is 18.4. The standard InChI is InChI=1S/C16H21Cl3N2O2/c1-10-4-6-13(7-5-10)14(22)20-15(16(17,18)19)21-8-11(2)23-12(3)9-21/h4-7,11-12,15H,8-9H2,1-3H3,(H,20,22)/p+1/t11-,12-,15+/m1/s1. The molecule has 0 unspecified atom stereocenters. The smallest absolute Gasteiger partial charge is 0.262 e. The number of halogens is 3. The number of nitrogens with one attached hydrogen (secondary N) is 2. The molecule has 0 bridgehead atoms. The molecule has 0 spiro atoms. The highest BCUT2D eigenvalue weighted by Crippen LogP contribution is 2.28. The van der Waals surface area contributed by atoms with E-state index in [2.05, 4.69) is 5.32 Å². The van der Waals surface area contributed by atoms with Crippen molar-refractivity contribution < 1.29 is 14.4 Å². The highest BCUT2D eigenvalue weighted by atomic mass is 35.6. The van der Waals surface area contributed by atoms with E-state index in [-0.39, 0.29) is 18.1 Å². The number of morpholine rings is 1. The Morgan fingerprint density at radius 2 is 1.74 bits per heavy atom. The van der Waals surface area contributed by atoms with Gasteiger partial charge in [0.25, 0.3) is 9.70 Å². The summed E-state index contributed by atoms with van der Waals surface area (Å²) in [6.45, 7) is 7.25. The second kappa shape index (κ2) is 7.58. The number of carbonyl (C=O) groups excluding carboxylic acids is 1. The number of rotatable bonds is 3. The number of hydrogen-bond donors (Lipinski definition) is 2. The maximum absolute atomic E-state index is 12.5. The summed E-state index contributed by atoms with van der Waals surface area (Å²) in [6.07, 6.45) is -0.560. The average Bonchev–Trinajstić information content (AvgIpc) is 2.42. The second-order valence-electron chi connectivity index (χ2n) is 6.14. The van der Waals surface area contributed by atoms with E-state index in [4.69, 9.17) is 39.5 Å². The summed E-state index contributed by atoms with van der Waals surface area (Å²) in [5, 5.41) is 2.88. The molecule has 1 aromatic carbocycles. The van der Waals surface area contributed by atoms with Gasteiger partial charge in [0.2, 0.25) is 6.17 Å². The molecular formula is C16H22Cl3N2O2+. The van der Waals surface area contributed by atoms with Crippen LogP contribution in [0, 0.1) is 6.92 Å². The third kappa shape index (κ3) is 5.23. The van der Waals surface area contributed by atoms with Gasteiger partial charge in [0, 0.05) is 5.56 Å². The number of quaternary nitrogens is 1. The van der Waals surface area contributed by atoms with Crippen molar-refractivity contribution in [2.24, 2.45) is 0 Å². The molecule has 0 aromatic heterocycles. The van der Waals surface area contributed by atoms with Crippen LogP contribution < -0.4 is 10.2 Å². The quantitative estimate of drug-likeness (QED) is 0.789. The van der Waals surface area contributed by atoms with Gasteiger partial charge in [0.1, 0.15) is 25.3 Å². The number of alkyl halides is 3. The number of hydrogen-bond acceptors (Lipinski definition) is 2. The summed E-state index contributed by atoms with van der Waals surface area (Å²) in [5.41, 5.74) is 1.63. The minimum atomic E-state index is -1.60. The zero-order valence-electron chi connectivity index (χ0n) is 13.4. The van der Waals surface area contributed by atoms with Crippen LogP contribution in [-0.2, 0) is 4.74 Å². The molecule has 1 amide bonds. The fourth-order valence-corrected chi connectivity index (χ4v) is 3.51. The van der Waals surface area contributed by atoms with Gasteiger partial charge in [0.05, 0.1) is 0 Å². The molecule has 0 radical (unpaired) electrons. The molecule has 0 saturated carbocycles. The van der Waals surface area contributed by atoms with Crippen LogP contribution in [0.3, 0.4) is 0 Å². The Balaban J connectivity index is 2.16. The molecule has 1 aliphatic heterocycles. The van der Waals surface area contributed by atoms with Gasteiger partial charge >= 0.3 is 0 Å². The van der Waals surface area contributed by atoms with Gasteiger partial charge in [-0.2, -0.15) is 0 Å². The summed E-state index contributed by atoms with van der Waals surface area (Å²) in [5.74, 6) is -0.249. The number of carbonyl (C=O) groups is 1. The van der Waals surface area contributed by atoms with E-state index >= 15 is 0 Å². The maximum Gasteiger partial charge on any atom is 0.262 e. The van der Waals surface area contributed by atoms with Gasteiger partial charge in [-0.1, -0.05) is 52.5 Å². The highest BCUT2D eigenvalue weighted by Gasteiger charge is 2.44. The first-order valence-corrected chi connectivity index (χ1v) is 8.74. The second-order valence-corrected chi connectivity index (χ2v) is 8.51. The Bertz CT molecular complexity index is 535. The van der Waals surface area contributed by atoms with Crippen molar-refractivity contribution in [3.8, 4) is 0 Å². The molecular weight excluding hydrogens is 359 g/mol. The van der Waals surface area contributed by atoms with E-state index in [1.54, 1.807) is 12.1 Å². The molecule has 128 valence electrons. The number of aryl methyl sites for hydroxylation is 1.